The van der Waals surface area contributed by atoms with E-state index in [-0.39, 0.29) is 17.2 Å². The number of halogens is 3. The molecule has 5 heteroatoms. The van der Waals surface area contributed by atoms with Crippen molar-refractivity contribution in [2.75, 3.05) is 12.5 Å². The van der Waals surface area contributed by atoms with Gasteiger partial charge in [-0.25, -0.2) is 0 Å². The van der Waals surface area contributed by atoms with Crippen LogP contribution in [-0.4, -0.2) is 17.5 Å². The van der Waals surface area contributed by atoms with Crippen LogP contribution in [0.3, 0.4) is 0 Å². The molecule has 0 spiro atoms. The number of pyridine rings is 1. The Morgan fingerprint density at radius 2 is 1.95 bits per heavy atom. The molecule has 0 bridgehead atoms. The van der Waals surface area contributed by atoms with Crippen LogP contribution in [0.4, 0.5) is 8.78 Å². The molecule has 0 aliphatic heterocycles. The molecule has 2 nitrogen and oxygen atoms in total. The lowest BCUT2D eigenvalue weighted by Gasteiger charge is -2.17. The number of rotatable bonds is 4. The van der Waals surface area contributed by atoms with Crippen LogP contribution in [0.25, 0.3) is 0 Å². The van der Waals surface area contributed by atoms with E-state index in [2.05, 4.69) is 16.8 Å². The highest BCUT2D eigenvalue weighted by molar-refractivity contribution is 6.19. The summed E-state index contributed by atoms with van der Waals surface area (Å²) < 4.78 is 33.0. The molecule has 0 saturated carbocycles. The number of ether oxygens (including phenoxy) is 1. The fourth-order valence-electron chi connectivity index (χ4n) is 1.64. The van der Waals surface area contributed by atoms with Gasteiger partial charge in [-0.1, -0.05) is 42.2 Å². The van der Waals surface area contributed by atoms with Gasteiger partial charge in [0.15, 0.2) is 6.61 Å². The number of aromatic nitrogens is 1. The van der Waals surface area contributed by atoms with Crippen molar-refractivity contribution in [3.8, 4) is 17.6 Å². The summed E-state index contributed by atoms with van der Waals surface area (Å²) in [6.45, 7) is -0.759. The smallest absolute Gasteiger partial charge is 0.306 e. The maximum Gasteiger partial charge on any atom is 0.306 e. The Labute approximate surface area is 126 Å². The Hall–Kier alpha value is -2.12. The third-order valence-corrected chi connectivity index (χ3v) is 2.76. The summed E-state index contributed by atoms with van der Waals surface area (Å²) in [5, 5.41) is 0. The Morgan fingerprint density at radius 3 is 2.67 bits per heavy atom. The fraction of sp³-hybridized carbons (Fsp3) is 0.188. The van der Waals surface area contributed by atoms with Crippen molar-refractivity contribution in [2.45, 2.75) is 5.92 Å². The molecule has 1 aromatic carbocycles. The van der Waals surface area contributed by atoms with E-state index in [1.165, 1.54) is 24.5 Å². The van der Waals surface area contributed by atoms with Gasteiger partial charge in [0.25, 0.3) is 0 Å². The van der Waals surface area contributed by atoms with Crippen LogP contribution < -0.4 is 4.74 Å². The molecular weight excluding hydrogens is 296 g/mol. The average Bonchev–Trinajstić information content (AvgIpc) is 2.52. The minimum Gasteiger partial charge on any atom is -0.485 e. The zero-order valence-electron chi connectivity index (χ0n) is 11.0. The van der Waals surface area contributed by atoms with Crippen LogP contribution in [0.2, 0.25) is 0 Å². The first kappa shape index (κ1) is 15.3. The van der Waals surface area contributed by atoms with Crippen molar-refractivity contribution in [3.05, 3.63) is 59.9 Å². The van der Waals surface area contributed by atoms with Crippen LogP contribution in [0.15, 0.2) is 48.8 Å². The summed E-state index contributed by atoms with van der Waals surface area (Å²) in [5.74, 6) is 2.78. The number of hydrogen-bond donors (Lipinski definition) is 0. The molecule has 0 fully saturated rings. The molecule has 1 aromatic heterocycles. The fourth-order valence-corrected chi connectivity index (χ4v) is 1.71. The molecule has 0 atom stereocenters. The molecule has 2 aromatic rings. The zero-order valence-corrected chi connectivity index (χ0v) is 11.8. The van der Waals surface area contributed by atoms with Crippen LogP contribution in [-0.2, 0) is 5.92 Å². The highest BCUT2D eigenvalue weighted by Gasteiger charge is 2.32. The summed E-state index contributed by atoms with van der Waals surface area (Å²) >= 11 is 5.46. The maximum absolute atomic E-state index is 14.0. The Kier molecular flexibility index (Phi) is 5.13. The molecule has 0 N–H and O–H groups in total. The second kappa shape index (κ2) is 7.05. The van der Waals surface area contributed by atoms with Gasteiger partial charge >= 0.3 is 5.92 Å². The van der Waals surface area contributed by atoms with Crippen molar-refractivity contribution >= 4 is 11.6 Å². The van der Waals surface area contributed by atoms with Gasteiger partial charge in [-0.05, 0) is 6.07 Å². The summed E-state index contributed by atoms with van der Waals surface area (Å²) in [4.78, 5) is 3.90. The predicted octanol–water partition coefficient (Wildman–Crippen LogP) is 3.84. The summed E-state index contributed by atoms with van der Waals surface area (Å²) in [6, 6.07) is 9.09. The monoisotopic (exact) mass is 307 g/mol. The SMILES string of the molecule is FC(F)(COc1cncc(C#CCCl)c1)c1ccccc1. The first-order valence-corrected chi connectivity index (χ1v) is 6.71. The molecule has 0 amide bonds. The van der Waals surface area contributed by atoms with E-state index < -0.39 is 12.5 Å². The van der Waals surface area contributed by atoms with Crippen molar-refractivity contribution in [2.24, 2.45) is 0 Å². The lowest BCUT2D eigenvalue weighted by Crippen LogP contribution is -2.23. The molecule has 21 heavy (non-hydrogen) atoms. The first-order chi connectivity index (χ1) is 10.1. The highest BCUT2D eigenvalue weighted by atomic mass is 35.5. The van der Waals surface area contributed by atoms with E-state index in [4.69, 9.17) is 16.3 Å². The standard InChI is InChI=1S/C16H12ClF2NO/c17-8-4-5-13-9-15(11-20-10-13)21-12-16(18,19)14-6-2-1-3-7-14/h1-3,6-7,9-11H,8,12H2. The number of nitrogens with zero attached hydrogens (tertiary/aromatic N) is 1. The average molecular weight is 308 g/mol. The van der Waals surface area contributed by atoms with Crippen LogP contribution in [0, 0.1) is 11.8 Å². The number of alkyl halides is 3. The third kappa shape index (κ3) is 4.44. The molecule has 2 rings (SSSR count). The van der Waals surface area contributed by atoms with Crippen molar-refractivity contribution < 1.29 is 13.5 Å². The van der Waals surface area contributed by atoms with Crippen molar-refractivity contribution in [1.29, 1.82) is 0 Å². The molecule has 108 valence electrons. The molecule has 1 heterocycles. The summed E-state index contributed by atoms with van der Waals surface area (Å²) in [6.07, 6.45) is 2.88. The Bertz CT molecular complexity index is 650. The van der Waals surface area contributed by atoms with Gasteiger partial charge in [-0.3, -0.25) is 4.98 Å². The first-order valence-electron chi connectivity index (χ1n) is 6.18. The number of hydrogen-bond acceptors (Lipinski definition) is 2. The second-order valence-corrected chi connectivity index (χ2v) is 4.47. The maximum atomic E-state index is 14.0. The van der Waals surface area contributed by atoms with Gasteiger partial charge in [-0.2, -0.15) is 8.78 Å². The van der Waals surface area contributed by atoms with E-state index >= 15 is 0 Å². The normalized spacial score (nSPS) is 10.6. The number of benzene rings is 1. The van der Waals surface area contributed by atoms with E-state index in [1.807, 2.05) is 0 Å². The Morgan fingerprint density at radius 1 is 1.19 bits per heavy atom. The van der Waals surface area contributed by atoms with Gasteiger partial charge in [0.05, 0.1) is 12.1 Å². The van der Waals surface area contributed by atoms with Crippen LogP contribution >= 0.6 is 11.6 Å². The highest BCUT2D eigenvalue weighted by Crippen LogP contribution is 2.28. The molecule has 0 saturated heterocycles. The summed E-state index contributed by atoms with van der Waals surface area (Å²) in [7, 11) is 0. The quantitative estimate of drug-likeness (QED) is 0.632. The summed E-state index contributed by atoms with van der Waals surface area (Å²) in [5.41, 5.74) is 0.479. The second-order valence-electron chi connectivity index (χ2n) is 4.20. The molecule has 0 aliphatic carbocycles. The van der Waals surface area contributed by atoms with E-state index in [1.54, 1.807) is 24.3 Å². The van der Waals surface area contributed by atoms with E-state index in [9.17, 15) is 8.78 Å². The lowest BCUT2D eigenvalue weighted by molar-refractivity contribution is -0.0468. The zero-order chi connectivity index (χ0) is 15.1. The van der Waals surface area contributed by atoms with E-state index in [0.29, 0.717) is 5.56 Å². The lowest BCUT2D eigenvalue weighted by atomic mass is 10.1. The minimum atomic E-state index is -3.07. The van der Waals surface area contributed by atoms with Crippen LogP contribution in [0.5, 0.6) is 5.75 Å². The van der Waals surface area contributed by atoms with Gasteiger partial charge < -0.3 is 4.74 Å². The molecule has 0 aliphatic rings. The minimum absolute atomic E-state index is 0.0870. The van der Waals surface area contributed by atoms with Crippen molar-refractivity contribution in [3.63, 3.8) is 0 Å². The molecule has 0 radical (unpaired) electrons. The molecule has 0 unspecified atom stereocenters. The van der Waals surface area contributed by atoms with Crippen molar-refractivity contribution in [1.82, 2.24) is 4.98 Å². The van der Waals surface area contributed by atoms with Gasteiger partial charge in [0.1, 0.15) is 5.75 Å². The third-order valence-electron chi connectivity index (χ3n) is 2.63. The largest absolute Gasteiger partial charge is 0.485 e. The van der Waals surface area contributed by atoms with E-state index in [0.717, 1.165) is 0 Å². The van der Waals surface area contributed by atoms with Gasteiger partial charge in [0.2, 0.25) is 0 Å². The molecular formula is C16H12ClF2NO. The topological polar surface area (TPSA) is 22.1 Å². The van der Waals surface area contributed by atoms with Crippen LogP contribution in [0.1, 0.15) is 11.1 Å². The Balaban J connectivity index is 2.06. The predicted molar refractivity (Wildman–Crippen MR) is 77.7 cm³/mol. The van der Waals surface area contributed by atoms with Gasteiger partial charge in [-0.15, -0.1) is 11.6 Å². The van der Waals surface area contributed by atoms with Gasteiger partial charge in [0, 0.05) is 17.3 Å².